The van der Waals surface area contributed by atoms with Gasteiger partial charge in [-0.1, -0.05) is 19.1 Å². The Hall–Kier alpha value is -1.90. The van der Waals surface area contributed by atoms with E-state index in [9.17, 15) is 0 Å². The standard InChI is InChI=1S/C16H22N2O/c1-3-12-19-16-10-6-5-9-15(16)17-13-14-8-7-11-18(14)4-2/h5-11,17H,3-4,12-13H2,1-2H3. The molecule has 0 amide bonds. The second-order valence-electron chi connectivity index (χ2n) is 4.48. The van der Waals surface area contributed by atoms with Gasteiger partial charge < -0.3 is 14.6 Å². The molecule has 1 heterocycles. The van der Waals surface area contributed by atoms with Crippen molar-refractivity contribution < 1.29 is 4.74 Å². The second-order valence-corrected chi connectivity index (χ2v) is 4.48. The minimum absolute atomic E-state index is 0.754. The van der Waals surface area contributed by atoms with Gasteiger partial charge in [0.05, 0.1) is 18.8 Å². The number of hydrogen-bond donors (Lipinski definition) is 1. The first-order valence-corrected chi connectivity index (χ1v) is 6.94. The number of anilines is 1. The first kappa shape index (κ1) is 13.5. The maximum Gasteiger partial charge on any atom is 0.142 e. The summed E-state index contributed by atoms with van der Waals surface area (Å²) >= 11 is 0. The van der Waals surface area contributed by atoms with E-state index in [0.717, 1.165) is 37.6 Å². The van der Waals surface area contributed by atoms with Crippen LogP contribution in [0.4, 0.5) is 5.69 Å². The van der Waals surface area contributed by atoms with Gasteiger partial charge in [-0.2, -0.15) is 0 Å². The van der Waals surface area contributed by atoms with Gasteiger partial charge in [-0.25, -0.2) is 0 Å². The molecule has 19 heavy (non-hydrogen) atoms. The fourth-order valence-electron chi connectivity index (χ4n) is 2.05. The fourth-order valence-corrected chi connectivity index (χ4v) is 2.05. The lowest BCUT2D eigenvalue weighted by molar-refractivity contribution is 0.319. The van der Waals surface area contributed by atoms with Gasteiger partial charge in [-0.05, 0) is 37.6 Å². The van der Waals surface area contributed by atoms with Crippen molar-refractivity contribution in [2.45, 2.75) is 33.4 Å². The van der Waals surface area contributed by atoms with Crippen LogP contribution in [0, 0.1) is 0 Å². The number of aryl methyl sites for hydroxylation is 1. The molecule has 3 nitrogen and oxygen atoms in total. The van der Waals surface area contributed by atoms with Crippen molar-refractivity contribution in [2.75, 3.05) is 11.9 Å². The monoisotopic (exact) mass is 258 g/mol. The minimum atomic E-state index is 0.754. The zero-order chi connectivity index (χ0) is 13.5. The van der Waals surface area contributed by atoms with Gasteiger partial charge in [-0.15, -0.1) is 0 Å². The number of nitrogens with zero attached hydrogens (tertiary/aromatic N) is 1. The Kier molecular flexibility index (Phi) is 4.90. The van der Waals surface area contributed by atoms with Gasteiger partial charge in [-0.3, -0.25) is 0 Å². The molecule has 0 saturated carbocycles. The third-order valence-electron chi connectivity index (χ3n) is 3.07. The minimum Gasteiger partial charge on any atom is -0.491 e. The highest BCUT2D eigenvalue weighted by Gasteiger charge is 2.04. The van der Waals surface area contributed by atoms with Gasteiger partial charge >= 0.3 is 0 Å². The lowest BCUT2D eigenvalue weighted by Crippen LogP contribution is -2.07. The zero-order valence-electron chi connectivity index (χ0n) is 11.7. The number of rotatable bonds is 7. The molecule has 2 aromatic rings. The third kappa shape index (κ3) is 3.53. The van der Waals surface area contributed by atoms with Crippen LogP contribution >= 0.6 is 0 Å². The highest BCUT2D eigenvalue weighted by Crippen LogP contribution is 2.24. The molecule has 1 aromatic carbocycles. The van der Waals surface area contributed by atoms with Crippen LogP contribution in [0.25, 0.3) is 0 Å². The summed E-state index contributed by atoms with van der Waals surface area (Å²) in [6.07, 6.45) is 3.13. The molecular formula is C16H22N2O. The van der Waals surface area contributed by atoms with E-state index in [-0.39, 0.29) is 0 Å². The van der Waals surface area contributed by atoms with Gasteiger partial charge in [0, 0.05) is 18.4 Å². The van der Waals surface area contributed by atoms with Crippen molar-refractivity contribution in [1.29, 1.82) is 0 Å². The molecule has 2 rings (SSSR count). The summed E-state index contributed by atoms with van der Waals surface area (Å²) in [4.78, 5) is 0. The summed E-state index contributed by atoms with van der Waals surface area (Å²) in [6, 6.07) is 12.3. The Balaban J connectivity index is 2.02. The molecule has 0 aliphatic carbocycles. The van der Waals surface area contributed by atoms with Gasteiger partial charge in [0.15, 0.2) is 0 Å². The Bertz CT molecular complexity index is 505. The van der Waals surface area contributed by atoms with Crippen LogP contribution < -0.4 is 10.1 Å². The number of hydrogen-bond acceptors (Lipinski definition) is 2. The summed E-state index contributed by atoms with van der Waals surface area (Å²) in [7, 11) is 0. The van der Waals surface area contributed by atoms with Crippen LogP contribution in [-0.2, 0) is 13.1 Å². The number of ether oxygens (including phenoxy) is 1. The van der Waals surface area contributed by atoms with E-state index in [1.807, 2.05) is 18.2 Å². The van der Waals surface area contributed by atoms with E-state index in [1.165, 1.54) is 5.69 Å². The Labute approximate surface area is 115 Å². The first-order valence-electron chi connectivity index (χ1n) is 6.94. The Morgan fingerprint density at radius 1 is 1.11 bits per heavy atom. The van der Waals surface area contributed by atoms with E-state index in [2.05, 4.69) is 48.1 Å². The van der Waals surface area contributed by atoms with Crippen molar-refractivity contribution in [3.63, 3.8) is 0 Å². The molecule has 0 aliphatic heterocycles. The quantitative estimate of drug-likeness (QED) is 0.815. The summed E-state index contributed by atoms with van der Waals surface area (Å²) in [5, 5.41) is 3.45. The van der Waals surface area contributed by atoms with Crippen LogP contribution in [-0.4, -0.2) is 11.2 Å². The summed E-state index contributed by atoms with van der Waals surface area (Å²) in [5.74, 6) is 0.930. The normalized spacial score (nSPS) is 10.4. The number of benzene rings is 1. The van der Waals surface area contributed by atoms with E-state index in [1.54, 1.807) is 0 Å². The smallest absolute Gasteiger partial charge is 0.142 e. The molecule has 3 heteroatoms. The van der Waals surface area contributed by atoms with E-state index in [4.69, 9.17) is 4.74 Å². The SMILES string of the molecule is CCCOc1ccccc1NCc1cccn1CC. The molecule has 0 bridgehead atoms. The topological polar surface area (TPSA) is 26.2 Å². The van der Waals surface area contributed by atoms with E-state index in [0.29, 0.717) is 0 Å². The van der Waals surface area contributed by atoms with Crippen LogP contribution in [0.5, 0.6) is 5.75 Å². The van der Waals surface area contributed by atoms with Crippen molar-refractivity contribution >= 4 is 5.69 Å². The first-order chi connectivity index (χ1) is 9.35. The summed E-state index contributed by atoms with van der Waals surface area (Å²) in [5.41, 5.74) is 2.34. The molecule has 0 unspecified atom stereocenters. The van der Waals surface area contributed by atoms with E-state index >= 15 is 0 Å². The molecule has 1 N–H and O–H groups in total. The predicted octanol–water partition coefficient (Wildman–Crippen LogP) is 3.91. The Morgan fingerprint density at radius 3 is 2.74 bits per heavy atom. The highest BCUT2D eigenvalue weighted by atomic mass is 16.5. The average molecular weight is 258 g/mol. The van der Waals surface area contributed by atoms with Crippen LogP contribution in [0.15, 0.2) is 42.6 Å². The lowest BCUT2D eigenvalue weighted by Gasteiger charge is -2.13. The van der Waals surface area contributed by atoms with Crippen molar-refractivity contribution in [3.05, 3.63) is 48.3 Å². The number of nitrogens with one attached hydrogen (secondary N) is 1. The molecule has 0 atom stereocenters. The second kappa shape index (κ2) is 6.88. The summed E-state index contributed by atoms with van der Waals surface area (Å²) < 4.78 is 7.98. The zero-order valence-corrected chi connectivity index (χ0v) is 11.7. The molecule has 0 aliphatic rings. The van der Waals surface area contributed by atoms with Crippen molar-refractivity contribution in [2.24, 2.45) is 0 Å². The van der Waals surface area contributed by atoms with Gasteiger partial charge in [0.1, 0.15) is 5.75 Å². The van der Waals surface area contributed by atoms with Crippen LogP contribution in [0.3, 0.4) is 0 Å². The van der Waals surface area contributed by atoms with Gasteiger partial charge in [0.2, 0.25) is 0 Å². The fraction of sp³-hybridized carbons (Fsp3) is 0.375. The van der Waals surface area contributed by atoms with Crippen molar-refractivity contribution in [3.8, 4) is 5.75 Å². The van der Waals surface area contributed by atoms with E-state index < -0.39 is 0 Å². The maximum absolute atomic E-state index is 5.74. The highest BCUT2D eigenvalue weighted by molar-refractivity contribution is 5.56. The molecule has 0 spiro atoms. The molecule has 1 aromatic heterocycles. The average Bonchev–Trinajstić information content (AvgIpc) is 2.91. The summed E-state index contributed by atoms with van der Waals surface area (Å²) in [6.45, 7) is 6.83. The van der Waals surface area contributed by atoms with Crippen LogP contribution in [0.1, 0.15) is 26.0 Å². The largest absolute Gasteiger partial charge is 0.491 e. The molecule has 0 radical (unpaired) electrons. The maximum atomic E-state index is 5.74. The Morgan fingerprint density at radius 2 is 1.95 bits per heavy atom. The molecular weight excluding hydrogens is 236 g/mol. The third-order valence-corrected chi connectivity index (χ3v) is 3.07. The number of aromatic nitrogens is 1. The predicted molar refractivity (Wildman–Crippen MR) is 79.7 cm³/mol. The van der Waals surface area contributed by atoms with Crippen molar-refractivity contribution in [1.82, 2.24) is 4.57 Å². The molecule has 0 fully saturated rings. The molecule has 0 saturated heterocycles. The lowest BCUT2D eigenvalue weighted by atomic mass is 10.3. The van der Waals surface area contributed by atoms with Gasteiger partial charge in [0.25, 0.3) is 0 Å². The molecule has 102 valence electrons. The number of para-hydroxylation sites is 2. The van der Waals surface area contributed by atoms with Crippen LogP contribution in [0.2, 0.25) is 0 Å².